The SMILES string of the molecule is Cc1ncsc1-c1ccc(C(C)NC(=O)[C@@H]2C[C@@H](O)CN2C(=O)C(NC(=O)Cn2ncc3c(-c4ccc(C5=N[C@@H](CC(=O)O)c6nnc(C)n6-c6sc(C)c(C)c65)cc4)cccc32)C(C)(C)C)cc1. The van der Waals surface area contributed by atoms with Crippen molar-refractivity contribution in [2.75, 3.05) is 6.54 Å². The van der Waals surface area contributed by atoms with E-state index in [4.69, 9.17) is 4.99 Å². The van der Waals surface area contributed by atoms with E-state index in [1.54, 1.807) is 33.6 Å². The second-order valence-electron chi connectivity index (χ2n) is 19.0. The molecule has 5 atom stereocenters. The monoisotopic (exact) mass is 966 g/mol. The molecule has 18 heteroatoms. The van der Waals surface area contributed by atoms with Gasteiger partial charge in [-0.15, -0.1) is 32.9 Å². The fourth-order valence-electron chi connectivity index (χ4n) is 9.34. The third kappa shape index (κ3) is 9.11. The molecule has 0 spiro atoms. The minimum atomic E-state index is -1.01. The van der Waals surface area contributed by atoms with Gasteiger partial charge in [0.1, 0.15) is 35.5 Å². The highest BCUT2D eigenvalue weighted by Gasteiger charge is 2.45. The summed E-state index contributed by atoms with van der Waals surface area (Å²) in [5.74, 6) is -1.10. The maximum absolute atomic E-state index is 14.4. The van der Waals surface area contributed by atoms with Gasteiger partial charge < -0.3 is 25.7 Å². The van der Waals surface area contributed by atoms with Gasteiger partial charge in [-0.1, -0.05) is 81.4 Å². The van der Waals surface area contributed by atoms with Crippen molar-refractivity contribution in [1.82, 2.24) is 45.1 Å². The zero-order chi connectivity index (χ0) is 49.1. The molecule has 1 saturated heterocycles. The zero-order valence-electron chi connectivity index (χ0n) is 39.6. The maximum Gasteiger partial charge on any atom is 0.306 e. The number of fused-ring (bicyclic) bond motifs is 4. The number of likely N-dealkylation sites (tertiary alicyclic amines) is 1. The number of hydrogen-bond acceptors (Lipinski definition) is 12. The summed E-state index contributed by atoms with van der Waals surface area (Å²) in [6, 6.07) is 18.6. The predicted octanol–water partition coefficient (Wildman–Crippen LogP) is 7.44. The second-order valence-corrected chi connectivity index (χ2v) is 21.1. The van der Waals surface area contributed by atoms with Gasteiger partial charge in [-0.25, -0.2) is 4.98 Å². The van der Waals surface area contributed by atoms with Crippen LogP contribution in [0, 0.1) is 33.1 Å². The number of thiophene rings is 1. The fraction of sp³-hybridized carbons (Fsp3) is 0.353. The third-order valence-corrected chi connectivity index (χ3v) is 15.3. The number of amides is 3. The van der Waals surface area contributed by atoms with Gasteiger partial charge in [-0.3, -0.25) is 33.4 Å². The predicted molar refractivity (Wildman–Crippen MR) is 266 cm³/mol. The minimum absolute atomic E-state index is 0.0404. The Morgan fingerprint density at radius 1 is 0.913 bits per heavy atom. The number of aromatic nitrogens is 6. The third-order valence-electron chi connectivity index (χ3n) is 13.1. The molecule has 4 aromatic heterocycles. The average Bonchev–Trinajstić information content (AvgIpc) is 4.15. The summed E-state index contributed by atoms with van der Waals surface area (Å²) in [5.41, 5.74) is 9.94. The Morgan fingerprint density at radius 3 is 2.30 bits per heavy atom. The molecule has 3 aromatic carbocycles. The first-order valence-corrected chi connectivity index (χ1v) is 24.5. The van der Waals surface area contributed by atoms with E-state index in [-0.39, 0.29) is 37.9 Å². The van der Waals surface area contributed by atoms with Gasteiger partial charge >= 0.3 is 5.97 Å². The van der Waals surface area contributed by atoms with Crippen molar-refractivity contribution < 1.29 is 29.4 Å². The lowest BCUT2D eigenvalue weighted by atomic mass is 9.85. The first-order valence-electron chi connectivity index (χ1n) is 22.8. The fourth-order valence-corrected chi connectivity index (χ4v) is 11.4. The van der Waals surface area contributed by atoms with Crippen LogP contribution in [0.2, 0.25) is 0 Å². The maximum atomic E-state index is 14.4. The molecule has 356 valence electrons. The smallest absolute Gasteiger partial charge is 0.306 e. The number of rotatable bonds is 12. The van der Waals surface area contributed by atoms with E-state index < -0.39 is 47.4 Å². The number of β-amino-alcohol motifs (C(OH)–C–C–N with tert-alkyl or cyclic N) is 1. The molecule has 6 heterocycles. The molecular weight excluding hydrogens is 913 g/mol. The Morgan fingerprint density at radius 2 is 1.62 bits per heavy atom. The Bertz CT molecular complexity index is 3160. The summed E-state index contributed by atoms with van der Waals surface area (Å²) in [7, 11) is 0. The molecule has 16 nitrogen and oxygen atoms in total. The first-order chi connectivity index (χ1) is 32.9. The van der Waals surface area contributed by atoms with Gasteiger partial charge in [0.15, 0.2) is 5.82 Å². The Hall–Kier alpha value is -6.89. The van der Waals surface area contributed by atoms with Gasteiger partial charge in [-0.2, -0.15) is 5.10 Å². The van der Waals surface area contributed by atoms with Crippen LogP contribution in [0.4, 0.5) is 0 Å². The first kappa shape index (κ1) is 47.2. The lowest BCUT2D eigenvalue weighted by Gasteiger charge is -2.35. The molecule has 0 saturated carbocycles. The number of aliphatic hydroxyl groups excluding tert-OH is 1. The van der Waals surface area contributed by atoms with Crippen LogP contribution < -0.4 is 10.6 Å². The normalized spacial score (nSPS) is 17.7. The summed E-state index contributed by atoms with van der Waals surface area (Å²) >= 11 is 3.18. The number of carboxylic acid groups (broad SMARTS) is 1. The average molecular weight is 967 g/mol. The topological polar surface area (TPSA) is 210 Å². The van der Waals surface area contributed by atoms with Crippen LogP contribution in [-0.2, 0) is 25.7 Å². The molecule has 3 amide bonds. The van der Waals surface area contributed by atoms with Gasteiger partial charge in [0, 0.05) is 34.4 Å². The van der Waals surface area contributed by atoms with Crippen molar-refractivity contribution >= 4 is 63.0 Å². The van der Waals surface area contributed by atoms with Crippen LogP contribution in [0.25, 0.3) is 37.5 Å². The van der Waals surface area contributed by atoms with Crippen molar-refractivity contribution in [2.45, 2.75) is 105 Å². The number of nitrogens with zero attached hydrogens (tertiary/aromatic N) is 8. The quantitative estimate of drug-likeness (QED) is 0.0951. The van der Waals surface area contributed by atoms with Crippen molar-refractivity contribution in [2.24, 2.45) is 10.4 Å². The highest BCUT2D eigenvalue weighted by Crippen LogP contribution is 2.40. The van der Waals surface area contributed by atoms with Crippen LogP contribution in [0.1, 0.15) is 97.1 Å². The summed E-state index contributed by atoms with van der Waals surface area (Å²) < 4.78 is 3.53. The summed E-state index contributed by atoms with van der Waals surface area (Å²) in [5, 5.41) is 41.7. The molecule has 0 bridgehead atoms. The number of carbonyl (C=O) groups is 4. The number of aliphatic carboxylic acids is 1. The lowest BCUT2D eigenvalue weighted by Crippen LogP contribution is -2.58. The summed E-state index contributed by atoms with van der Waals surface area (Å²) in [4.78, 5) is 67.3. The van der Waals surface area contributed by atoms with Crippen molar-refractivity contribution in [1.29, 1.82) is 0 Å². The van der Waals surface area contributed by atoms with Crippen molar-refractivity contribution in [3.05, 3.63) is 123 Å². The number of benzene rings is 3. The Labute approximate surface area is 407 Å². The summed E-state index contributed by atoms with van der Waals surface area (Å²) in [6.45, 7) is 15.1. The van der Waals surface area contributed by atoms with E-state index in [1.165, 1.54) is 4.90 Å². The van der Waals surface area contributed by atoms with Crippen LogP contribution >= 0.6 is 22.7 Å². The van der Waals surface area contributed by atoms with Gasteiger partial charge in [0.05, 0.1) is 52.1 Å². The van der Waals surface area contributed by atoms with Crippen molar-refractivity contribution in [3.63, 3.8) is 0 Å². The van der Waals surface area contributed by atoms with E-state index in [1.807, 2.05) is 118 Å². The molecule has 2 aliphatic heterocycles. The standard InChI is InChI=1S/C51H54N10O6S2/c1-26-29(4)69-50-43(26)44(55-38(21-42(64)65)47-58-57-30(5)61(47)50)33-16-14-32(15-17-33)36-10-9-11-39-37(36)22-53-60(39)24-41(63)56-46(51(6,7)8)49(67)59-23-35(62)20-40(59)48(66)54-27(2)31-12-18-34(19-13-31)45-28(3)52-25-68-45/h9-19,22,25,27,35,38,40,46,62H,20-21,23-24H2,1-8H3,(H,54,66)(H,56,63)(H,64,65)/t27?,35-,38+,40+,46?/m1/s1. The van der Waals surface area contributed by atoms with Crippen LogP contribution in [0.3, 0.4) is 0 Å². The van der Waals surface area contributed by atoms with E-state index in [0.717, 1.165) is 64.8 Å². The highest BCUT2D eigenvalue weighted by atomic mass is 32.1. The van der Waals surface area contributed by atoms with Gasteiger partial charge in [0.2, 0.25) is 17.7 Å². The lowest BCUT2D eigenvalue weighted by molar-refractivity contribution is -0.144. The molecule has 69 heavy (non-hydrogen) atoms. The van der Waals surface area contributed by atoms with Crippen LogP contribution in [0.5, 0.6) is 0 Å². The van der Waals surface area contributed by atoms with E-state index in [2.05, 4.69) is 44.8 Å². The molecule has 0 radical (unpaired) electrons. The molecule has 0 aliphatic carbocycles. The Kier molecular flexibility index (Phi) is 12.7. The van der Waals surface area contributed by atoms with Crippen LogP contribution in [-0.4, -0.2) is 98.8 Å². The molecule has 2 aliphatic rings. The summed E-state index contributed by atoms with van der Waals surface area (Å²) in [6.07, 6.45) is 0.649. The number of hydrogen-bond donors (Lipinski definition) is 4. The molecular formula is C51H54N10O6S2. The van der Waals surface area contributed by atoms with Gasteiger partial charge in [0.25, 0.3) is 0 Å². The number of aliphatic imine (C=N–C) groups is 1. The molecule has 9 rings (SSSR count). The largest absolute Gasteiger partial charge is 0.481 e. The van der Waals surface area contributed by atoms with Crippen LogP contribution in [0.15, 0.2) is 83.4 Å². The van der Waals surface area contributed by atoms with E-state index >= 15 is 0 Å². The molecule has 4 N–H and O–H groups in total. The zero-order valence-corrected chi connectivity index (χ0v) is 41.3. The van der Waals surface area contributed by atoms with Gasteiger partial charge in [-0.05, 0) is 73.9 Å². The number of aliphatic hydroxyl groups is 1. The number of thiazole rings is 1. The second kappa shape index (κ2) is 18.5. The Balaban J connectivity index is 0.909. The molecule has 2 unspecified atom stereocenters. The van der Waals surface area contributed by atoms with E-state index in [9.17, 15) is 29.4 Å². The number of carbonyl (C=O) groups excluding carboxylic acids is 3. The number of carboxylic acids is 1. The van der Waals surface area contributed by atoms with E-state index in [0.29, 0.717) is 22.9 Å². The van der Waals surface area contributed by atoms with Crippen molar-refractivity contribution in [3.8, 4) is 26.6 Å². The molecule has 1 fully saturated rings. The highest BCUT2D eigenvalue weighted by molar-refractivity contribution is 7.15. The number of aryl methyl sites for hydroxylation is 3. The number of nitrogens with one attached hydrogen (secondary N) is 2. The molecule has 7 aromatic rings. The minimum Gasteiger partial charge on any atom is -0.481 e.